The van der Waals surface area contributed by atoms with Crippen molar-refractivity contribution in [3.05, 3.63) is 0 Å². The fraction of sp³-hybridized carbons (Fsp3) is 1.00. The molecule has 0 bridgehead atoms. The van der Waals surface area contributed by atoms with Gasteiger partial charge in [-0.2, -0.15) is 8.78 Å². The van der Waals surface area contributed by atoms with E-state index in [9.17, 15) is 8.78 Å². The van der Waals surface area contributed by atoms with Crippen molar-refractivity contribution in [3.8, 4) is 0 Å². The molecule has 15 heavy (non-hydrogen) atoms. The molecule has 2 unspecified atom stereocenters. The van der Waals surface area contributed by atoms with Gasteiger partial charge in [0.2, 0.25) is 0 Å². The van der Waals surface area contributed by atoms with E-state index in [1.165, 1.54) is 0 Å². The minimum absolute atomic E-state index is 0.229. The number of nitrogens with one attached hydrogen (secondary N) is 1. The molecule has 0 saturated carbocycles. The average Bonchev–Trinajstić information content (AvgIpc) is 2.62. The zero-order chi connectivity index (χ0) is 11.3. The standard InChI is InChI=1S/C9H17ClF2N2O/c10-9(11,12)8(14-13)5-1-3-7-4-2-6-15-7/h7-8,14H,1-6,13H2. The smallest absolute Gasteiger partial charge is 0.338 e. The molecule has 1 rings (SSSR count). The normalized spacial score (nSPS) is 24.4. The molecular formula is C9H17ClF2N2O. The Bertz CT molecular complexity index is 183. The van der Waals surface area contributed by atoms with Crippen LogP contribution >= 0.6 is 11.6 Å². The Kier molecular flexibility index (Phi) is 5.18. The van der Waals surface area contributed by atoms with Crippen LogP contribution in [-0.2, 0) is 4.74 Å². The number of hydrogen-bond donors (Lipinski definition) is 2. The largest absolute Gasteiger partial charge is 0.378 e. The van der Waals surface area contributed by atoms with E-state index in [4.69, 9.17) is 22.2 Å². The van der Waals surface area contributed by atoms with Gasteiger partial charge in [0, 0.05) is 6.61 Å². The average molecular weight is 243 g/mol. The summed E-state index contributed by atoms with van der Waals surface area (Å²) >= 11 is 4.89. The van der Waals surface area contributed by atoms with Crippen LogP contribution in [0.1, 0.15) is 32.1 Å². The highest BCUT2D eigenvalue weighted by atomic mass is 35.5. The van der Waals surface area contributed by atoms with Crippen molar-refractivity contribution in [3.63, 3.8) is 0 Å². The van der Waals surface area contributed by atoms with Crippen LogP contribution < -0.4 is 11.3 Å². The highest BCUT2D eigenvalue weighted by Gasteiger charge is 2.35. The number of hydrogen-bond acceptors (Lipinski definition) is 3. The van der Waals surface area contributed by atoms with Gasteiger partial charge in [-0.05, 0) is 43.7 Å². The summed E-state index contributed by atoms with van der Waals surface area (Å²) in [7, 11) is 0. The van der Waals surface area contributed by atoms with Crippen LogP contribution in [0.15, 0.2) is 0 Å². The van der Waals surface area contributed by atoms with Crippen LogP contribution in [0.5, 0.6) is 0 Å². The van der Waals surface area contributed by atoms with Crippen molar-refractivity contribution in [2.24, 2.45) is 5.84 Å². The van der Waals surface area contributed by atoms with Crippen molar-refractivity contribution in [2.45, 2.75) is 49.6 Å². The molecule has 3 N–H and O–H groups in total. The summed E-state index contributed by atoms with van der Waals surface area (Å²) in [5.74, 6) is 5.01. The maximum Gasteiger partial charge on any atom is 0.338 e. The Morgan fingerprint density at radius 3 is 2.80 bits per heavy atom. The van der Waals surface area contributed by atoms with Crippen LogP contribution in [0, 0.1) is 0 Å². The Balaban J connectivity index is 2.16. The summed E-state index contributed by atoms with van der Waals surface area (Å²) in [6.07, 6.45) is 4.01. The number of hydrazine groups is 1. The van der Waals surface area contributed by atoms with Crippen molar-refractivity contribution >= 4 is 11.6 Å². The summed E-state index contributed by atoms with van der Waals surface area (Å²) in [6, 6.07) is -1.17. The molecule has 6 heteroatoms. The first kappa shape index (κ1) is 13.1. The number of alkyl halides is 3. The van der Waals surface area contributed by atoms with Crippen molar-refractivity contribution < 1.29 is 13.5 Å². The Labute approximate surface area is 93.3 Å². The van der Waals surface area contributed by atoms with E-state index >= 15 is 0 Å². The van der Waals surface area contributed by atoms with Gasteiger partial charge in [0.25, 0.3) is 0 Å². The number of ether oxygens (including phenoxy) is 1. The summed E-state index contributed by atoms with van der Waals surface area (Å²) in [5.41, 5.74) is 2.04. The van der Waals surface area contributed by atoms with E-state index in [1.807, 2.05) is 5.43 Å². The first-order valence-corrected chi connectivity index (χ1v) is 5.56. The molecular weight excluding hydrogens is 226 g/mol. The highest BCUT2D eigenvalue weighted by Crippen LogP contribution is 2.27. The van der Waals surface area contributed by atoms with Crippen molar-refractivity contribution in [1.29, 1.82) is 0 Å². The van der Waals surface area contributed by atoms with E-state index in [1.54, 1.807) is 0 Å². The molecule has 0 aromatic rings. The Hall–Kier alpha value is 0.0300. The van der Waals surface area contributed by atoms with Crippen molar-refractivity contribution in [1.82, 2.24) is 5.43 Å². The number of halogens is 3. The summed E-state index contributed by atoms with van der Waals surface area (Å²) < 4.78 is 30.7. The zero-order valence-corrected chi connectivity index (χ0v) is 9.27. The molecule has 0 radical (unpaired) electrons. The third-order valence-electron chi connectivity index (χ3n) is 2.64. The molecule has 2 atom stereocenters. The SMILES string of the molecule is NNC(CCCC1CCCO1)C(F)(F)Cl. The topological polar surface area (TPSA) is 47.3 Å². The third-order valence-corrected chi connectivity index (χ3v) is 2.90. The lowest BCUT2D eigenvalue weighted by molar-refractivity contribution is 0.0422. The van der Waals surface area contributed by atoms with Gasteiger partial charge in [0.15, 0.2) is 0 Å². The molecule has 1 saturated heterocycles. The molecule has 1 fully saturated rings. The fourth-order valence-electron chi connectivity index (χ4n) is 1.76. The second-order valence-corrected chi connectivity index (χ2v) is 4.33. The van der Waals surface area contributed by atoms with Gasteiger partial charge in [0.05, 0.1) is 12.1 Å². The van der Waals surface area contributed by atoms with E-state index in [0.717, 1.165) is 25.9 Å². The third kappa shape index (κ3) is 4.59. The Morgan fingerprint density at radius 2 is 2.33 bits per heavy atom. The summed E-state index contributed by atoms with van der Waals surface area (Å²) in [5, 5.41) is -3.29. The Morgan fingerprint density at radius 1 is 1.60 bits per heavy atom. The van der Waals surface area contributed by atoms with E-state index < -0.39 is 11.4 Å². The van der Waals surface area contributed by atoms with Crippen LogP contribution in [0.25, 0.3) is 0 Å². The van der Waals surface area contributed by atoms with Gasteiger partial charge < -0.3 is 4.74 Å². The molecule has 3 nitrogen and oxygen atoms in total. The molecule has 1 heterocycles. The van der Waals surface area contributed by atoms with Crippen molar-refractivity contribution in [2.75, 3.05) is 6.61 Å². The van der Waals surface area contributed by atoms with E-state index in [2.05, 4.69) is 0 Å². The predicted octanol–water partition coefficient (Wildman–Crippen LogP) is 2.00. The quantitative estimate of drug-likeness (QED) is 0.426. The van der Waals surface area contributed by atoms with Gasteiger partial charge in [0.1, 0.15) is 0 Å². The molecule has 0 aliphatic carbocycles. The molecule has 0 spiro atoms. The number of rotatable bonds is 6. The minimum atomic E-state index is -3.29. The van der Waals surface area contributed by atoms with Crippen LogP contribution in [0.2, 0.25) is 0 Å². The molecule has 0 aromatic carbocycles. The van der Waals surface area contributed by atoms with Crippen LogP contribution in [0.4, 0.5) is 8.78 Å². The van der Waals surface area contributed by atoms with Gasteiger partial charge >= 0.3 is 5.38 Å². The van der Waals surface area contributed by atoms with Gasteiger partial charge in [-0.3, -0.25) is 5.84 Å². The van der Waals surface area contributed by atoms with E-state index in [0.29, 0.717) is 6.42 Å². The van der Waals surface area contributed by atoms with Gasteiger partial charge in [-0.25, -0.2) is 5.43 Å². The zero-order valence-electron chi connectivity index (χ0n) is 8.52. The van der Waals surface area contributed by atoms with Crippen LogP contribution in [-0.4, -0.2) is 24.1 Å². The summed E-state index contributed by atoms with van der Waals surface area (Å²) in [4.78, 5) is 0. The maximum absolute atomic E-state index is 12.7. The first-order valence-electron chi connectivity index (χ1n) is 5.18. The van der Waals surface area contributed by atoms with E-state index in [-0.39, 0.29) is 12.5 Å². The molecule has 0 aromatic heterocycles. The minimum Gasteiger partial charge on any atom is -0.378 e. The second-order valence-electron chi connectivity index (χ2n) is 3.83. The molecule has 90 valence electrons. The lowest BCUT2D eigenvalue weighted by Crippen LogP contribution is -2.45. The first-order chi connectivity index (χ1) is 7.04. The van der Waals surface area contributed by atoms with Gasteiger partial charge in [-0.15, -0.1) is 0 Å². The monoisotopic (exact) mass is 242 g/mol. The molecule has 1 aliphatic rings. The number of nitrogens with two attached hydrogens (primary N) is 1. The lowest BCUT2D eigenvalue weighted by Gasteiger charge is -2.21. The van der Waals surface area contributed by atoms with Crippen LogP contribution in [0.3, 0.4) is 0 Å². The predicted molar refractivity (Wildman–Crippen MR) is 54.7 cm³/mol. The fourth-order valence-corrected chi connectivity index (χ4v) is 1.94. The maximum atomic E-state index is 12.7. The molecule has 0 amide bonds. The highest BCUT2D eigenvalue weighted by molar-refractivity contribution is 6.22. The lowest BCUT2D eigenvalue weighted by atomic mass is 10.1. The summed E-state index contributed by atoms with van der Waals surface area (Å²) in [6.45, 7) is 0.787. The molecule has 1 aliphatic heterocycles. The van der Waals surface area contributed by atoms with Gasteiger partial charge in [-0.1, -0.05) is 0 Å². The second kappa shape index (κ2) is 5.94.